The Morgan fingerprint density at radius 1 is 1.05 bits per heavy atom. The fourth-order valence-electron chi connectivity index (χ4n) is 1.56. The summed E-state index contributed by atoms with van der Waals surface area (Å²) in [5, 5.41) is 6.86. The SMILES string of the molecule is C/C(=N\NC(=O)C(=O)Nc1ccc(Cl)cc1)c1ccncc1. The summed E-state index contributed by atoms with van der Waals surface area (Å²) in [4.78, 5) is 27.3. The molecule has 0 saturated carbocycles. The first-order chi connectivity index (χ1) is 10.6. The number of benzene rings is 1. The van der Waals surface area contributed by atoms with E-state index in [1.54, 1.807) is 55.7 Å². The topological polar surface area (TPSA) is 83.5 Å². The van der Waals surface area contributed by atoms with Crippen molar-refractivity contribution in [2.75, 3.05) is 5.32 Å². The molecule has 1 aromatic heterocycles. The molecule has 1 aromatic carbocycles. The van der Waals surface area contributed by atoms with Gasteiger partial charge >= 0.3 is 11.8 Å². The van der Waals surface area contributed by atoms with Crippen LogP contribution in [0.1, 0.15) is 12.5 Å². The molecule has 0 radical (unpaired) electrons. The van der Waals surface area contributed by atoms with Crippen molar-refractivity contribution in [1.82, 2.24) is 10.4 Å². The lowest BCUT2D eigenvalue weighted by Gasteiger charge is -2.05. The van der Waals surface area contributed by atoms with Crippen LogP contribution < -0.4 is 10.7 Å². The largest absolute Gasteiger partial charge is 0.329 e. The quantitative estimate of drug-likeness (QED) is 0.517. The second kappa shape index (κ2) is 7.33. The number of rotatable bonds is 3. The van der Waals surface area contributed by atoms with Gasteiger partial charge in [-0.15, -0.1) is 0 Å². The molecule has 0 bridgehead atoms. The van der Waals surface area contributed by atoms with Gasteiger partial charge in [-0.2, -0.15) is 5.10 Å². The molecular formula is C15H13ClN4O2. The Bertz CT molecular complexity index is 699. The van der Waals surface area contributed by atoms with Gasteiger partial charge in [0.2, 0.25) is 0 Å². The molecular weight excluding hydrogens is 304 g/mol. The van der Waals surface area contributed by atoms with Crippen molar-refractivity contribution in [3.8, 4) is 0 Å². The Morgan fingerprint density at radius 3 is 2.32 bits per heavy atom. The second-order valence-electron chi connectivity index (χ2n) is 4.34. The molecule has 6 nitrogen and oxygen atoms in total. The van der Waals surface area contributed by atoms with Crippen LogP contribution in [0.2, 0.25) is 5.02 Å². The van der Waals surface area contributed by atoms with Crippen molar-refractivity contribution in [3.63, 3.8) is 0 Å². The third kappa shape index (κ3) is 4.39. The maximum Gasteiger partial charge on any atom is 0.329 e. The standard InChI is InChI=1S/C15H13ClN4O2/c1-10(11-6-8-17-9-7-11)19-20-15(22)14(21)18-13-4-2-12(16)3-5-13/h2-9H,1H3,(H,18,21)(H,20,22)/b19-10+. The Hall–Kier alpha value is -2.73. The van der Waals surface area contributed by atoms with E-state index in [0.29, 0.717) is 16.4 Å². The van der Waals surface area contributed by atoms with E-state index in [2.05, 4.69) is 20.8 Å². The number of hydrogen-bond donors (Lipinski definition) is 2. The van der Waals surface area contributed by atoms with E-state index in [1.165, 1.54) is 0 Å². The van der Waals surface area contributed by atoms with Crippen LogP contribution in [0, 0.1) is 0 Å². The zero-order valence-electron chi connectivity index (χ0n) is 11.7. The van der Waals surface area contributed by atoms with E-state index in [1.807, 2.05) is 0 Å². The van der Waals surface area contributed by atoms with Gasteiger partial charge in [0.1, 0.15) is 0 Å². The summed E-state index contributed by atoms with van der Waals surface area (Å²) < 4.78 is 0. The average Bonchev–Trinajstić information content (AvgIpc) is 2.55. The van der Waals surface area contributed by atoms with Crippen molar-refractivity contribution in [3.05, 3.63) is 59.4 Å². The number of pyridine rings is 1. The Kier molecular flexibility index (Phi) is 5.21. The van der Waals surface area contributed by atoms with Gasteiger partial charge in [-0.1, -0.05) is 11.6 Å². The number of hydrogen-bond acceptors (Lipinski definition) is 4. The predicted molar refractivity (Wildman–Crippen MR) is 84.7 cm³/mol. The molecule has 7 heteroatoms. The van der Waals surface area contributed by atoms with Crippen molar-refractivity contribution >= 4 is 34.8 Å². The number of carbonyl (C=O) groups excluding carboxylic acids is 2. The Morgan fingerprint density at radius 2 is 1.68 bits per heavy atom. The summed E-state index contributed by atoms with van der Waals surface area (Å²) in [7, 11) is 0. The number of anilines is 1. The molecule has 112 valence electrons. The summed E-state index contributed by atoms with van der Waals surface area (Å²) in [5.74, 6) is -1.67. The fourth-order valence-corrected chi connectivity index (χ4v) is 1.69. The summed E-state index contributed by atoms with van der Waals surface area (Å²) >= 11 is 5.74. The summed E-state index contributed by atoms with van der Waals surface area (Å²) in [6.07, 6.45) is 3.23. The van der Waals surface area contributed by atoms with E-state index in [9.17, 15) is 9.59 Å². The van der Waals surface area contributed by atoms with Crippen molar-refractivity contribution in [1.29, 1.82) is 0 Å². The molecule has 0 unspecified atom stereocenters. The van der Waals surface area contributed by atoms with Crippen LogP contribution in [0.3, 0.4) is 0 Å². The molecule has 0 spiro atoms. The van der Waals surface area contributed by atoms with Crippen LogP contribution in [0.4, 0.5) is 5.69 Å². The van der Waals surface area contributed by atoms with Crippen LogP contribution in [-0.4, -0.2) is 22.5 Å². The minimum absolute atomic E-state index is 0.472. The maximum atomic E-state index is 11.7. The predicted octanol–water partition coefficient (Wildman–Crippen LogP) is 2.21. The van der Waals surface area contributed by atoms with Gasteiger partial charge in [0.25, 0.3) is 0 Å². The second-order valence-corrected chi connectivity index (χ2v) is 4.77. The molecule has 2 aromatic rings. The van der Waals surface area contributed by atoms with Crippen LogP contribution in [0.25, 0.3) is 0 Å². The highest BCUT2D eigenvalue weighted by atomic mass is 35.5. The number of aromatic nitrogens is 1. The van der Waals surface area contributed by atoms with Crippen molar-refractivity contribution in [2.45, 2.75) is 6.92 Å². The fraction of sp³-hybridized carbons (Fsp3) is 0.0667. The summed E-state index contributed by atoms with van der Waals surface area (Å²) in [6, 6.07) is 9.91. The van der Waals surface area contributed by atoms with E-state index >= 15 is 0 Å². The van der Waals surface area contributed by atoms with E-state index < -0.39 is 11.8 Å². The van der Waals surface area contributed by atoms with Crippen LogP contribution in [0.5, 0.6) is 0 Å². The summed E-state index contributed by atoms with van der Waals surface area (Å²) in [5.41, 5.74) is 4.04. The molecule has 1 heterocycles. The molecule has 22 heavy (non-hydrogen) atoms. The lowest BCUT2D eigenvalue weighted by molar-refractivity contribution is -0.136. The van der Waals surface area contributed by atoms with Gasteiger partial charge in [-0.25, -0.2) is 5.43 Å². The third-order valence-electron chi connectivity index (χ3n) is 2.73. The lowest BCUT2D eigenvalue weighted by Crippen LogP contribution is -2.32. The Labute approximate surface area is 132 Å². The molecule has 2 N–H and O–H groups in total. The minimum Gasteiger partial charge on any atom is -0.318 e. The van der Waals surface area contributed by atoms with Crippen molar-refractivity contribution < 1.29 is 9.59 Å². The maximum absolute atomic E-state index is 11.7. The first-order valence-corrected chi connectivity index (χ1v) is 6.75. The first kappa shape index (κ1) is 15.7. The van der Waals surface area contributed by atoms with Gasteiger partial charge in [0, 0.05) is 28.7 Å². The van der Waals surface area contributed by atoms with Crippen LogP contribution in [0.15, 0.2) is 53.9 Å². The van der Waals surface area contributed by atoms with Gasteiger partial charge < -0.3 is 5.32 Å². The van der Waals surface area contributed by atoms with Crippen molar-refractivity contribution in [2.24, 2.45) is 5.10 Å². The smallest absolute Gasteiger partial charge is 0.318 e. The highest BCUT2D eigenvalue weighted by molar-refractivity contribution is 6.39. The lowest BCUT2D eigenvalue weighted by atomic mass is 10.2. The molecule has 0 fully saturated rings. The van der Waals surface area contributed by atoms with E-state index in [0.717, 1.165) is 5.56 Å². The zero-order valence-corrected chi connectivity index (χ0v) is 12.5. The minimum atomic E-state index is -0.858. The molecule has 0 saturated heterocycles. The average molecular weight is 317 g/mol. The van der Waals surface area contributed by atoms with Gasteiger partial charge in [0.15, 0.2) is 0 Å². The molecule has 2 rings (SSSR count). The number of carbonyl (C=O) groups is 2. The van der Waals surface area contributed by atoms with Crippen LogP contribution in [-0.2, 0) is 9.59 Å². The molecule has 0 atom stereocenters. The van der Waals surface area contributed by atoms with Gasteiger partial charge in [-0.3, -0.25) is 14.6 Å². The van der Waals surface area contributed by atoms with Gasteiger partial charge in [0.05, 0.1) is 5.71 Å². The first-order valence-electron chi connectivity index (χ1n) is 6.38. The number of nitrogens with one attached hydrogen (secondary N) is 2. The van der Waals surface area contributed by atoms with E-state index in [4.69, 9.17) is 11.6 Å². The van der Waals surface area contributed by atoms with Crippen LogP contribution >= 0.6 is 11.6 Å². The third-order valence-corrected chi connectivity index (χ3v) is 2.98. The number of halogens is 1. The monoisotopic (exact) mass is 316 g/mol. The summed E-state index contributed by atoms with van der Waals surface area (Å²) in [6.45, 7) is 1.71. The number of amides is 2. The highest BCUT2D eigenvalue weighted by Crippen LogP contribution is 2.13. The number of hydrazone groups is 1. The zero-order chi connectivity index (χ0) is 15.9. The highest BCUT2D eigenvalue weighted by Gasteiger charge is 2.13. The molecule has 0 aliphatic carbocycles. The Balaban J connectivity index is 1.94. The normalized spacial score (nSPS) is 10.9. The number of nitrogens with zero attached hydrogens (tertiary/aromatic N) is 2. The van der Waals surface area contributed by atoms with Gasteiger partial charge in [-0.05, 0) is 43.3 Å². The molecule has 0 aliphatic heterocycles. The molecule has 2 amide bonds. The van der Waals surface area contributed by atoms with E-state index in [-0.39, 0.29) is 0 Å². The molecule has 0 aliphatic rings.